The van der Waals surface area contributed by atoms with Gasteiger partial charge in [0.15, 0.2) is 5.71 Å². The number of benzene rings is 2. The maximum Gasteiger partial charge on any atom is 0.209 e. The van der Waals surface area contributed by atoms with Crippen LogP contribution in [-0.2, 0) is 5.41 Å². The Bertz CT molecular complexity index is 1180. The zero-order valence-corrected chi connectivity index (χ0v) is 18.6. The van der Waals surface area contributed by atoms with Crippen LogP contribution in [0.2, 0.25) is 0 Å². The Balaban J connectivity index is 1.56. The molecule has 2 aliphatic heterocycles. The van der Waals surface area contributed by atoms with Gasteiger partial charge in [0.05, 0.1) is 5.41 Å². The normalized spacial score (nSPS) is 19.1. The van der Waals surface area contributed by atoms with E-state index in [1.807, 2.05) is 6.07 Å². The van der Waals surface area contributed by atoms with Crippen molar-refractivity contribution in [1.29, 1.82) is 0 Å². The molecule has 0 aromatic heterocycles. The number of allylic oxidation sites excluding steroid dienone is 4. The van der Waals surface area contributed by atoms with Gasteiger partial charge in [0.1, 0.15) is 23.8 Å². The zero-order chi connectivity index (χ0) is 21.6. The summed E-state index contributed by atoms with van der Waals surface area (Å²) in [6.45, 7) is 7.89. The second-order valence-corrected chi connectivity index (χ2v) is 9.21. The monoisotopic (exact) mass is 412 g/mol. The average Bonchev–Trinajstić information content (AvgIpc) is 2.98. The summed E-state index contributed by atoms with van der Waals surface area (Å²) in [4.78, 5) is 0. The van der Waals surface area contributed by atoms with E-state index in [0.717, 1.165) is 49.3 Å². The lowest BCUT2D eigenvalue weighted by atomic mass is 9.81. The van der Waals surface area contributed by atoms with Crippen molar-refractivity contribution < 1.29 is 14.4 Å². The quantitative estimate of drug-likeness (QED) is 0.570. The molecule has 1 aliphatic carbocycles. The van der Waals surface area contributed by atoms with Crippen molar-refractivity contribution in [2.45, 2.75) is 51.9 Å². The van der Waals surface area contributed by atoms with E-state index < -0.39 is 0 Å². The van der Waals surface area contributed by atoms with E-state index in [1.165, 1.54) is 28.1 Å². The van der Waals surface area contributed by atoms with Gasteiger partial charge in [-0.15, -0.1) is 0 Å². The first-order valence-corrected chi connectivity index (χ1v) is 11.4. The molecule has 0 unspecified atom stereocenters. The minimum Gasteiger partial charge on any atom is -0.508 e. The second-order valence-electron chi connectivity index (χ2n) is 9.21. The average molecular weight is 413 g/mol. The molecule has 0 fully saturated rings. The Hall–Kier alpha value is -3.07. The van der Waals surface area contributed by atoms with Crippen LogP contribution in [0.4, 0.5) is 5.69 Å². The molecule has 0 radical (unpaired) electrons. The fourth-order valence-electron chi connectivity index (χ4n) is 5.14. The highest BCUT2D eigenvalue weighted by atomic mass is 16.5. The first-order valence-electron chi connectivity index (χ1n) is 11.4. The molecule has 31 heavy (non-hydrogen) atoms. The van der Waals surface area contributed by atoms with Gasteiger partial charge in [-0.1, -0.05) is 25.1 Å². The Morgan fingerprint density at radius 3 is 2.77 bits per heavy atom. The molecule has 0 atom stereocenters. The predicted octanol–water partition coefficient (Wildman–Crippen LogP) is 6.65. The first kappa shape index (κ1) is 19.9. The fourth-order valence-corrected chi connectivity index (χ4v) is 5.14. The van der Waals surface area contributed by atoms with E-state index in [-0.39, 0.29) is 11.2 Å². The third kappa shape index (κ3) is 3.33. The molecule has 2 heterocycles. The summed E-state index contributed by atoms with van der Waals surface area (Å²) in [5.74, 6) is 1.94. The van der Waals surface area contributed by atoms with Crippen molar-refractivity contribution in [2.24, 2.45) is 0 Å². The molecule has 5 rings (SSSR count). The van der Waals surface area contributed by atoms with Crippen molar-refractivity contribution in [1.82, 2.24) is 0 Å². The minimum absolute atomic E-state index is 0.0351. The molecule has 0 bridgehead atoms. The van der Waals surface area contributed by atoms with Gasteiger partial charge in [-0.25, -0.2) is 0 Å². The number of ether oxygens (including phenoxy) is 1. The van der Waals surface area contributed by atoms with Crippen LogP contribution in [0.3, 0.4) is 0 Å². The van der Waals surface area contributed by atoms with Gasteiger partial charge in [-0.2, -0.15) is 4.58 Å². The molecule has 0 amide bonds. The van der Waals surface area contributed by atoms with Crippen molar-refractivity contribution in [2.75, 3.05) is 6.54 Å². The van der Waals surface area contributed by atoms with Gasteiger partial charge in [0.25, 0.3) is 0 Å². The molecule has 0 saturated heterocycles. The van der Waals surface area contributed by atoms with Crippen molar-refractivity contribution in [3.05, 3.63) is 82.6 Å². The molecular weight excluding hydrogens is 382 g/mol. The smallest absolute Gasteiger partial charge is 0.209 e. The van der Waals surface area contributed by atoms with Crippen molar-refractivity contribution >= 4 is 17.5 Å². The number of rotatable bonds is 4. The maximum atomic E-state index is 9.88. The number of para-hydroxylation sites is 1. The summed E-state index contributed by atoms with van der Waals surface area (Å²) in [5.41, 5.74) is 7.56. The van der Waals surface area contributed by atoms with Crippen molar-refractivity contribution in [3.63, 3.8) is 0 Å². The number of nitrogens with zero attached hydrogens (tertiary/aromatic N) is 1. The van der Waals surface area contributed by atoms with E-state index in [4.69, 9.17) is 4.74 Å². The van der Waals surface area contributed by atoms with Gasteiger partial charge in [-0.05, 0) is 68.5 Å². The van der Waals surface area contributed by atoms with Gasteiger partial charge in [0, 0.05) is 35.8 Å². The second kappa shape index (κ2) is 7.56. The van der Waals surface area contributed by atoms with E-state index in [1.54, 1.807) is 12.1 Å². The number of phenols is 1. The molecule has 158 valence electrons. The van der Waals surface area contributed by atoms with Crippen LogP contribution < -0.4 is 4.74 Å². The highest BCUT2D eigenvalue weighted by Crippen LogP contribution is 2.42. The Kier molecular flexibility index (Phi) is 4.85. The molecule has 2 aromatic rings. The topological polar surface area (TPSA) is 32.5 Å². The van der Waals surface area contributed by atoms with Gasteiger partial charge in [0.2, 0.25) is 5.69 Å². The van der Waals surface area contributed by atoms with E-state index >= 15 is 0 Å². The van der Waals surface area contributed by atoms with Crippen molar-refractivity contribution in [3.8, 4) is 11.5 Å². The molecule has 3 nitrogen and oxygen atoms in total. The third-order valence-corrected chi connectivity index (χ3v) is 6.70. The van der Waals surface area contributed by atoms with Crippen LogP contribution >= 0.6 is 0 Å². The SMILES string of the molecule is CCC[N+]1=C(/C=C/C2=C3Oc4cc(O)ccc4C=C3CCC2)C(C)(C)c2ccccc21. The van der Waals surface area contributed by atoms with E-state index in [9.17, 15) is 5.11 Å². The maximum absolute atomic E-state index is 9.88. The van der Waals surface area contributed by atoms with Gasteiger partial charge in [-0.3, -0.25) is 0 Å². The Labute approximate surface area is 184 Å². The van der Waals surface area contributed by atoms with Gasteiger partial charge < -0.3 is 9.84 Å². The number of aromatic hydroxyl groups is 1. The number of phenolic OH excluding ortho intramolecular Hbond substituents is 1. The molecule has 0 saturated carbocycles. The molecule has 0 spiro atoms. The summed E-state index contributed by atoms with van der Waals surface area (Å²) >= 11 is 0. The van der Waals surface area contributed by atoms with Gasteiger partial charge >= 0.3 is 0 Å². The summed E-state index contributed by atoms with van der Waals surface area (Å²) in [6.07, 6.45) is 11.1. The largest absolute Gasteiger partial charge is 0.508 e. The lowest BCUT2D eigenvalue weighted by Gasteiger charge is -2.26. The van der Waals surface area contributed by atoms with E-state index in [2.05, 4.69) is 67.8 Å². The van der Waals surface area contributed by atoms with Crippen LogP contribution in [0.1, 0.15) is 57.6 Å². The van der Waals surface area contributed by atoms with Crippen LogP contribution in [0.5, 0.6) is 11.5 Å². The zero-order valence-electron chi connectivity index (χ0n) is 18.6. The number of hydrogen-bond acceptors (Lipinski definition) is 2. The number of fused-ring (bicyclic) bond motifs is 3. The first-order chi connectivity index (χ1) is 15.0. The Morgan fingerprint density at radius 1 is 1.10 bits per heavy atom. The lowest BCUT2D eigenvalue weighted by Crippen LogP contribution is -2.28. The molecule has 1 N–H and O–H groups in total. The standard InChI is InChI=1S/C28H29NO2/c1-4-16-29-24-11-6-5-10-23(24)28(2,3)26(29)15-13-19-8-7-9-21-17-20-12-14-22(30)18-25(20)31-27(19)21/h5-6,10-15,17-18H,4,7-9,16H2,1-3H3/p+1. The van der Waals surface area contributed by atoms with Crippen LogP contribution in [0, 0.1) is 0 Å². The molecule has 3 aliphatic rings. The lowest BCUT2D eigenvalue weighted by molar-refractivity contribution is -0.437. The molecule has 3 heteroatoms. The summed E-state index contributed by atoms with van der Waals surface area (Å²) in [5, 5.41) is 9.88. The van der Waals surface area contributed by atoms with Crippen LogP contribution in [0.25, 0.3) is 6.08 Å². The van der Waals surface area contributed by atoms with E-state index in [0.29, 0.717) is 0 Å². The minimum atomic E-state index is -0.0351. The highest BCUT2D eigenvalue weighted by molar-refractivity contribution is 6.03. The summed E-state index contributed by atoms with van der Waals surface area (Å²) < 4.78 is 8.79. The summed E-state index contributed by atoms with van der Waals surface area (Å²) in [7, 11) is 0. The molecule has 2 aromatic carbocycles. The third-order valence-electron chi connectivity index (χ3n) is 6.70. The fraction of sp³-hybridized carbons (Fsp3) is 0.321. The predicted molar refractivity (Wildman–Crippen MR) is 126 cm³/mol. The van der Waals surface area contributed by atoms with Crippen LogP contribution in [-0.4, -0.2) is 21.9 Å². The molecular formula is C28H30NO2+. The number of hydrogen-bond donors (Lipinski definition) is 1. The van der Waals surface area contributed by atoms with Crippen LogP contribution in [0.15, 0.2) is 71.5 Å². The Morgan fingerprint density at radius 2 is 1.94 bits per heavy atom. The summed E-state index contributed by atoms with van der Waals surface area (Å²) in [6, 6.07) is 14.1. The highest BCUT2D eigenvalue weighted by Gasteiger charge is 2.43.